The number of nitrogens with zero attached hydrogens (tertiary/aromatic N) is 4. The first-order chi connectivity index (χ1) is 10.6. The average molecular weight is 300 g/mol. The largest absolute Gasteiger partial charge is 0.481 e. The number of carbonyl (C=O) groups is 2. The summed E-state index contributed by atoms with van der Waals surface area (Å²) in [6.45, 7) is 0.797. The van der Waals surface area contributed by atoms with Gasteiger partial charge in [0, 0.05) is 25.5 Å². The van der Waals surface area contributed by atoms with Crippen LogP contribution in [0.3, 0.4) is 0 Å². The summed E-state index contributed by atoms with van der Waals surface area (Å²) in [6, 6.07) is 1.74. The van der Waals surface area contributed by atoms with Gasteiger partial charge in [-0.25, -0.2) is 9.50 Å². The van der Waals surface area contributed by atoms with Gasteiger partial charge in [-0.15, -0.1) is 0 Å². The zero-order valence-corrected chi connectivity index (χ0v) is 12.0. The molecule has 3 heterocycles. The maximum Gasteiger partial charge on any atom is 0.311 e. The molecule has 2 aliphatic rings. The van der Waals surface area contributed by atoms with E-state index < -0.39 is 11.4 Å². The maximum absolute atomic E-state index is 12.8. The van der Waals surface area contributed by atoms with Crippen molar-refractivity contribution in [3.05, 3.63) is 30.2 Å². The molecule has 1 amide bonds. The van der Waals surface area contributed by atoms with Gasteiger partial charge in [-0.05, 0) is 24.8 Å². The van der Waals surface area contributed by atoms with Crippen molar-refractivity contribution in [1.82, 2.24) is 19.5 Å². The predicted molar refractivity (Wildman–Crippen MR) is 76.3 cm³/mol. The summed E-state index contributed by atoms with van der Waals surface area (Å²) in [5.74, 6) is -0.893. The van der Waals surface area contributed by atoms with E-state index >= 15 is 0 Å². The summed E-state index contributed by atoms with van der Waals surface area (Å²) in [5.41, 5.74) is 0.182. The zero-order valence-electron chi connectivity index (χ0n) is 12.0. The van der Waals surface area contributed by atoms with Crippen LogP contribution in [0.15, 0.2) is 24.7 Å². The van der Waals surface area contributed by atoms with Crippen molar-refractivity contribution in [3.8, 4) is 0 Å². The monoisotopic (exact) mass is 300 g/mol. The minimum absolute atomic E-state index is 0.0590. The smallest absolute Gasteiger partial charge is 0.311 e. The van der Waals surface area contributed by atoms with Crippen molar-refractivity contribution in [1.29, 1.82) is 0 Å². The standard InChI is InChI=1S/C15H16N4O3/c20-13(11-7-17-19-6-2-5-16-12(11)19)18-8-10-3-1-4-15(10,9-18)14(21)22/h2,5-7,10H,1,3-4,8-9H2,(H,21,22)/t10-,15+/m0/s1. The molecule has 4 rings (SSSR count). The van der Waals surface area contributed by atoms with Crippen LogP contribution in [-0.2, 0) is 4.79 Å². The maximum atomic E-state index is 12.8. The lowest BCUT2D eigenvalue weighted by molar-refractivity contribution is -0.149. The van der Waals surface area contributed by atoms with Gasteiger partial charge in [-0.1, -0.05) is 6.42 Å². The average Bonchev–Trinajstić information content (AvgIpc) is 3.18. The third-order valence-electron chi connectivity index (χ3n) is 5.09. The van der Waals surface area contributed by atoms with Crippen LogP contribution in [0.4, 0.5) is 0 Å². The molecular formula is C15H16N4O3. The van der Waals surface area contributed by atoms with Gasteiger partial charge in [-0.3, -0.25) is 9.59 Å². The highest BCUT2D eigenvalue weighted by molar-refractivity contribution is 6.00. The minimum atomic E-state index is -0.775. The fourth-order valence-corrected chi connectivity index (χ4v) is 3.94. The van der Waals surface area contributed by atoms with Crippen molar-refractivity contribution < 1.29 is 14.7 Å². The Morgan fingerprint density at radius 2 is 2.27 bits per heavy atom. The highest BCUT2D eigenvalue weighted by atomic mass is 16.4. The number of hydrogen-bond donors (Lipinski definition) is 1. The number of likely N-dealkylation sites (tertiary alicyclic amines) is 1. The summed E-state index contributed by atoms with van der Waals surface area (Å²) in [7, 11) is 0. The summed E-state index contributed by atoms with van der Waals surface area (Å²) >= 11 is 0. The van der Waals surface area contributed by atoms with Crippen LogP contribution >= 0.6 is 0 Å². The Kier molecular flexibility index (Phi) is 2.72. The topological polar surface area (TPSA) is 87.8 Å². The normalized spacial score (nSPS) is 27.3. The quantitative estimate of drug-likeness (QED) is 0.896. The van der Waals surface area contributed by atoms with Crippen molar-refractivity contribution in [2.24, 2.45) is 11.3 Å². The molecule has 2 atom stereocenters. The molecular weight excluding hydrogens is 284 g/mol. The van der Waals surface area contributed by atoms with Crippen LogP contribution in [0.25, 0.3) is 5.65 Å². The van der Waals surface area contributed by atoms with E-state index in [1.54, 1.807) is 27.9 Å². The van der Waals surface area contributed by atoms with Crippen LogP contribution in [0.1, 0.15) is 29.6 Å². The van der Waals surface area contributed by atoms with E-state index in [0.29, 0.717) is 24.2 Å². The number of aliphatic carboxylic acids is 1. The molecule has 2 aromatic heterocycles. The Bertz CT molecular complexity index is 771. The molecule has 114 valence electrons. The van der Waals surface area contributed by atoms with Crippen molar-refractivity contribution in [2.75, 3.05) is 13.1 Å². The Morgan fingerprint density at radius 1 is 1.41 bits per heavy atom. The fourth-order valence-electron chi connectivity index (χ4n) is 3.94. The third kappa shape index (κ3) is 1.68. The second-order valence-electron chi connectivity index (χ2n) is 6.18. The summed E-state index contributed by atoms with van der Waals surface area (Å²) in [5, 5.41) is 13.7. The minimum Gasteiger partial charge on any atom is -0.481 e. The molecule has 22 heavy (non-hydrogen) atoms. The molecule has 7 heteroatoms. The molecule has 0 aromatic carbocycles. The van der Waals surface area contributed by atoms with Gasteiger partial charge in [0.15, 0.2) is 5.65 Å². The first-order valence-electron chi connectivity index (χ1n) is 7.43. The van der Waals surface area contributed by atoms with Crippen LogP contribution < -0.4 is 0 Å². The van der Waals surface area contributed by atoms with E-state index in [9.17, 15) is 14.7 Å². The molecule has 1 N–H and O–H groups in total. The van der Waals surface area contributed by atoms with Gasteiger partial charge in [0.2, 0.25) is 0 Å². The van der Waals surface area contributed by atoms with Crippen molar-refractivity contribution in [2.45, 2.75) is 19.3 Å². The van der Waals surface area contributed by atoms with E-state index in [2.05, 4.69) is 10.1 Å². The first kappa shape index (κ1) is 13.2. The van der Waals surface area contributed by atoms with Gasteiger partial charge >= 0.3 is 5.97 Å². The van der Waals surface area contributed by atoms with E-state index in [0.717, 1.165) is 12.8 Å². The van der Waals surface area contributed by atoms with Crippen molar-refractivity contribution >= 4 is 17.5 Å². The van der Waals surface area contributed by atoms with E-state index in [1.807, 2.05) is 0 Å². The molecule has 1 saturated carbocycles. The summed E-state index contributed by atoms with van der Waals surface area (Å²) in [4.78, 5) is 30.3. The molecule has 0 unspecified atom stereocenters. The number of hydrogen-bond acceptors (Lipinski definition) is 4. The third-order valence-corrected chi connectivity index (χ3v) is 5.09. The summed E-state index contributed by atoms with van der Waals surface area (Å²) in [6.07, 6.45) is 7.32. The number of rotatable bonds is 2. The number of carboxylic acids is 1. The molecule has 2 fully saturated rings. The number of aromatic nitrogens is 3. The Morgan fingerprint density at radius 3 is 3.05 bits per heavy atom. The van der Waals surface area contributed by atoms with Gasteiger partial charge < -0.3 is 10.0 Å². The number of amides is 1. The van der Waals surface area contributed by atoms with Crippen LogP contribution in [0.2, 0.25) is 0 Å². The Labute approximate surface area is 126 Å². The molecule has 1 saturated heterocycles. The number of carbonyl (C=O) groups excluding carboxylic acids is 1. The lowest BCUT2D eigenvalue weighted by Gasteiger charge is -2.23. The van der Waals surface area contributed by atoms with E-state index in [-0.39, 0.29) is 18.4 Å². The van der Waals surface area contributed by atoms with Gasteiger partial charge in [0.05, 0.1) is 11.6 Å². The van der Waals surface area contributed by atoms with Gasteiger partial charge in [-0.2, -0.15) is 5.10 Å². The number of fused-ring (bicyclic) bond motifs is 2. The molecule has 0 bridgehead atoms. The SMILES string of the molecule is O=C(c1cnn2cccnc12)N1C[C@@H]2CCC[C@@]2(C(=O)O)C1. The highest BCUT2D eigenvalue weighted by Gasteiger charge is 2.56. The summed E-state index contributed by atoms with van der Waals surface area (Å²) < 4.78 is 1.55. The van der Waals surface area contributed by atoms with Gasteiger partial charge in [0.1, 0.15) is 5.56 Å². The first-order valence-corrected chi connectivity index (χ1v) is 7.43. The highest BCUT2D eigenvalue weighted by Crippen LogP contribution is 2.49. The number of carboxylic acid groups (broad SMARTS) is 1. The fraction of sp³-hybridized carbons (Fsp3) is 0.467. The van der Waals surface area contributed by atoms with E-state index in [4.69, 9.17) is 0 Å². The van der Waals surface area contributed by atoms with Crippen LogP contribution in [0, 0.1) is 11.3 Å². The predicted octanol–water partition coefficient (Wildman–Crippen LogP) is 1.06. The lowest BCUT2D eigenvalue weighted by Crippen LogP contribution is -2.37. The lowest BCUT2D eigenvalue weighted by atomic mass is 9.81. The van der Waals surface area contributed by atoms with E-state index in [1.165, 1.54) is 6.20 Å². The van der Waals surface area contributed by atoms with Crippen molar-refractivity contribution in [3.63, 3.8) is 0 Å². The molecule has 1 aliphatic carbocycles. The van der Waals surface area contributed by atoms with Crippen LogP contribution in [-0.4, -0.2) is 49.6 Å². The molecule has 2 aromatic rings. The second-order valence-corrected chi connectivity index (χ2v) is 6.18. The molecule has 0 spiro atoms. The zero-order chi connectivity index (χ0) is 15.3. The molecule has 7 nitrogen and oxygen atoms in total. The Hall–Kier alpha value is -2.44. The molecule has 0 radical (unpaired) electrons. The van der Waals surface area contributed by atoms with Crippen LogP contribution in [0.5, 0.6) is 0 Å². The second kappa shape index (κ2) is 4.53. The Balaban J connectivity index is 1.66. The van der Waals surface area contributed by atoms with Gasteiger partial charge in [0.25, 0.3) is 5.91 Å². The molecule has 1 aliphatic heterocycles.